The van der Waals surface area contributed by atoms with Gasteiger partial charge in [0.25, 0.3) is 0 Å². The molecular formula is C24H23Br2N3O. The molecule has 4 nitrogen and oxygen atoms in total. The van der Waals surface area contributed by atoms with E-state index < -0.39 is 0 Å². The second-order valence-corrected chi connectivity index (χ2v) is 9.73. The summed E-state index contributed by atoms with van der Waals surface area (Å²) in [6, 6.07) is 18.3. The summed E-state index contributed by atoms with van der Waals surface area (Å²) in [5.41, 5.74) is 5.43. The lowest BCUT2D eigenvalue weighted by Crippen LogP contribution is -2.04. The summed E-state index contributed by atoms with van der Waals surface area (Å²) in [4.78, 5) is 1.55. The number of halogens is 2. The summed E-state index contributed by atoms with van der Waals surface area (Å²) in [7, 11) is 0. The van der Waals surface area contributed by atoms with Crippen molar-refractivity contribution < 1.29 is 5.11 Å². The average molecular weight is 529 g/mol. The van der Waals surface area contributed by atoms with Crippen LogP contribution in [0.3, 0.4) is 0 Å². The van der Waals surface area contributed by atoms with E-state index in [4.69, 9.17) is 0 Å². The van der Waals surface area contributed by atoms with E-state index in [0.29, 0.717) is 11.6 Å². The number of phenolic OH excluding ortho intramolecular Hbond substituents is 1. The molecule has 154 valence electrons. The smallest absolute Gasteiger partial charge is 0.146 e. The van der Waals surface area contributed by atoms with Crippen LogP contribution in [0.15, 0.2) is 63.5 Å². The number of phenols is 1. The second kappa shape index (κ2) is 8.90. The molecular weight excluding hydrogens is 506 g/mol. The molecule has 0 amide bonds. The van der Waals surface area contributed by atoms with Gasteiger partial charge in [-0.1, -0.05) is 66.2 Å². The first kappa shape index (κ1) is 21.1. The van der Waals surface area contributed by atoms with E-state index >= 15 is 0 Å². The van der Waals surface area contributed by atoms with Crippen molar-refractivity contribution in [3.05, 3.63) is 80.2 Å². The lowest BCUT2D eigenvalue weighted by Gasteiger charge is -2.14. The minimum Gasteiger partial charge on any atom is -0.505 e. The minimum absolute atomic E-state index is 0.253. The lowest BCUT2D eigenvalue weighted by molar-refractivity contribution is 0.456. The third-order valence-electron chi connectivity index (χ3n) is 5.09. The van der Waals surface area contributed by atoms with Gasteiger partial charge >= 0.3 is 0 Å². The van der Waals surface area contributed by atoms with Crippen LogP contribution in [-0.2, 0) is 12.8 Å². The zero-order valence-electron chi connectivity index (χ0n) is 16.9. The highest BCUT2D eigenvalue weighted by Gasteiger charge is 2.16. The van der Waals surface area contributed by atoms with Gasteiger partial charge in [-0.3, -0.25) is 0 Å². The Hall–Kier alpha value is -2.18. The number of aromatic hydroxyl groups is 1. The normalized spacial score (nSPS) is 11.5. The lowest BCUT2D eigenvalue weighted by atomic mass is 9.96. The van der Waals surface area contributed by atoms with Crippen molar-refractivity contribution in [2.75, 3.05) is 0 Å². The van der Waals surface area contributed by atoms with Crippen molar-refractivity contribution >= 4 is 42.9 Å². The highest BCUT2D eigenvalue weighted by molar-refractivity contribution is 9.11. The molecule has 4 aromatic rings. The van der Waals surface area contributed by atoms with E-state index in [2.05, 4.69) is 74.1 Å². The number of aromatic nitrogens is 3. The number of aryl methyl sites for hydroxylation is 1. The van der Waals surface area contributed by atoms with Crippen LogP contribution < -0.4 is 0 Å². The highest BCUT2D eigenvalue weighted by Crippen LogP contribution is 2.32. The molecule has 4 rings (SSSR count). The second-order valence-electron chi connectivity index (χ2n) is 7.96. The Kier molecular flexibility index (Phi) is 6.25. The quantitative estimate of drug-likeness (QED) is 0.298. The Morgan fingerprint density at radius 3 is 2.47 bits per heavy atom. The largest absolute Gasteiger partial charge is 0.505 e. The summed E-state index contributed by atoms with van der Waals surface area (Å²) in [6.07, 6.45) is 2.61. The molecule has 1 heterocycles. The first-order valence-electron chi connectivity index (χ1n) is 10.0. The molecule has 1 N–H and O–H groups in total. The molecule has 0 spiro atoms. The molecule has 0 aliphatic heterocycles. The summed E-state index contributed by atoms with van der Waals surface area (Å²) in [6.45, 7) is 4.39. The van der Waals surface area contributed by atoms with Crippen LogP contribution >= 0.6 is 31.9 Å². The van der Waals surface area contributed by atoms with Gasteiger partial charge < -0.3 is 5.11 Å². The van der Waals surface area contributed by atoms with Crippen molar-refractivity contribution in [1.82, 2.24) is 15.0 Å². The Bertz CT molecular complexity index is 1190. The fourth-order valence-electron chi connectivity index (χ4n) is 3.52. The SMILES string of the molecule is CC(C)CCc1cc(Cc2ccccc2)cc(-n2nc3cc(Br)cc(Br)c3n2)c1O. The van der Waals surface area contributed by atoms with E-state index in [9.17, 15) is 5.11 Å². The summed E-state index contributed by atoms with van der Waals surface area (Å²) >= 11 is 7.06. The molecule has 0 atom stereocenters. The van der Waals surface area contributed by atoms with Crippen molar-refractivity contribution in [3.63, 3.8) is 0 Å². The number of benzene rings is 3. The van der Waals surface area contributed by atoms with Crippen molar-refractivity contribution in [3.8, 4) is 11.4 Å². The number of rotatable bonds is 6. The van der Waals surface area contributed by atoms with E-state index in [1.807, 2.05) is 36.4 Å². The monoisotopic (exact) mass is 527 g/mol. The number of nitrogens with zero attached hydrogens (tertiary/aromatic N) is 3. The van der Waals surface area contributed by atoms with Gasteiger partial charge in [-0.2, -0.15) is 0 Å². The average Bonchev–Trinajstić information content (AvgIpc) is 3.13. The van der Waals surface area contributed by atoms with Gasteiger partial charge in [0, 0.05) is 8.95 Å². The Labute approximate surface area is 193 Å². The predicted octanol–water partition coefficient (Wildman–Crippen LogP) is 6.83. The molecule has 0 saturated carbocycles. The number of fused-ring (bicyclic) bond motifs is 1. The number of hydrogen-bond acceptors (Lipinski definition) is 3. The molecule has 0 unspecified atom stereocenters. The highest BCUT2D eigenvalue weighted by atomic mass is 79.9. The number of hydrogen-bond donors (Lipinski definition) is 1. The summed E-state index contributed by atoms with van der Waals surface area (Å²) < 4.78 is 1.78. The topological polar surface area (TPSA) is 50.9 Å². The minimum atomic E-state index is 0.253. The molecule has 6 heteroatoms. The Balaban J connectivity index is 1.82. The van der Waals surface area contributed by atoms with Gasteiger partial charge in [0.1, 0.15) is 22.5 Å². The zero-order valence-corrected chi connectivity index (χ0v) is 20.1. The van der Waals surface area contributed by atoms with Gasteiger partial charge in [-0.15, -0.1) is 15.0 Å². The molecule has 1 aromatic heterocycles. The summed E-state index contributed by atoms with van der Waals surface area (Å²) in [5.74, 6) is 0.812. The van der Waals surface area contributed by atoms with E-state index in [0.717, 1.165) is 50.4 Å². The van der Waals surface area contributed by atoms with Crippen LogP contribution in [0.2, 0.25) is 0 Å². The van der Waals surface area contributed by atoms with Crippen molar-refractivity contribution in [1.29, 1.82) is 0 Å². The molecule has 0 radical (unpaired) electrons. The summed E-state index contributed by atoms with van der Waals surface area (Å²) in [5, 5.41) is 20.4. The van der Waals surface area contributed by atoms with E-state index in [1.165, 1.54) is 5.56 Å². The molecule has 30 heavy (non-hydrogen) atoms. The third kappa shape index (κ3) is 4.60. The maximum absolute atomic E-state index is 11.1. The zero-order chi connectivity index (χ0) is 21.3. The Morgan fingerprint density at radius 1 is 0.967 bits per heavy atom. The van der Waals surface area contributed by atoms with Crippen molar-refractivity contribution in [2.24, 2.45) is 5.92 Å². The van der Waals surface area contributed by atoms with Crippen LogP contribution in [0.4, 0.5) is 0 Å². The van der Waals surface area contributed by atoms with Gasteiger partial charge in [-0.05, 0) is 76.0 Å². The molecule has 3 aromatic carbocycles. The van der Waals surface area contributed by atoms with Gasteiger partial charge in [0.2, 0.25) is 0 Å². The van der Waals surface area contributed by atoms with Crippen LogP contribution in [0, 0.1) is 5.92 Å². The molecule has 0 aliphatic carbocycles. The first-order chi connectivity index (χ1) is 14.4. The predicted molar refractivity (Wildman–Crippen MR) is 128 cm³/mol. The standard InChI is InChI=1S/C24H23Br2N3O/c1-15(2)8-9-18-11-17(10-16-6-4-3-5-7-16)12-22(24(18)30)29-27-21-14-19(25)13-20(26)23(21)28-29/h3-7,11-15,30H,8-10H2,1-2H3. The fraction of sp³-hybridized carbons (Fsp3) is 0.250. The molecule has 0 fully saturated rings. The van der Waals surface area contributed by atoms with Crippen LogP contribution in [0.5, 0.6) is 5.75 Å². The van der Waals surface area contributed by atoms with Gasteiger partial charge in [0.05, 0.1) is 0 Å². The van der Waals surface area contributed by atoms with Gasteiger partial charge in [-0.25, -0.2) is 0 Å². The van der Waals surface area contributed by atoms with Gasteiger partial charge in [0.15, 0.2) is 0 Å². The van der Waals surface area contributed by atoms with Crippen LogP contribution in [0.1, 0.15) is 37.0 Å². The van der Waals surface area contributed by atoms with Crippen LogP contribution in [-0.4, -0.2) is 20.1 Å². The third-order valence-corrected chi connectivity index (χ3v) is 6.15. The molecule has 0 aliphatic rings. The Morgan fingerprint density at radius 2 is 1.73 bits per heavy atom. The first-order valence-corrected chi connectivity index (χ1v) is 11.6. The molecule has 0 bridgehead atoms. The van der Waals surface area contributed by atoms with E-state index in [1.54, 1.807) is 4.80 Å². The van der Waals surface area contributed by atoms with Crippen LogP contribution in [0.25, 0.3) is 16.7 Å². The maximum Gasteiger partial charge on any atom is 0.146 e. The van der Waals surface area contributed by atoms with Crippen molar-refractivity contribution in [2.45, 2.75) is 33.1 Å². The maximum atomic E-state index is 11.1. The fourth-order valence-corrected chi connectivity index (χ4v) is 4.80. The van der Waals surface area contributed by atoms with E-state index in [-0.39, 0.29) is 5.75 Å². The molecule has 0 saturated heterocycles.